The predicted octanol–water partition coefficient (Wildman–Crippen LogP) is 2.83. The van der Waals surface area contributed by atoms with E-state index in [2.05, 4.69) is 4.74 Å². The van der Waals surface area contributed by atoms with Crippen LogP contribution >= 0.6 is 0 Å². The SMILES string of the molecule is COC(=O)c1cccc(N)c1N(CC(F)(F)F)C(C)C. The van der Waals surface area contributed by atoms with Crippen molar-refractivity contribution in [3.05, 3.63) is 23.8 Å². The third-order valence-corrected chi connectivity index (χ3v) is 2.73. The molecular formula is C13H17F3N2O2. The number of hydrogen-bond donors (Lipinski definition) is 1. The number of ether oxygens (including phenoxy) is 1. The molecule has 20 heavy (non-hydrogen) atoms. The van der Waals surface area contributed by atoms with Gasteiger partial charge in [-0.1, -0.05) is 6.07 Å². The van der Waals surface area contributed by atoms with Gasteiger partial charge >= 0.3 is 12.1 Å². The first-order chi connectivity index (χ1) is 9.17. The number of alkyl halides is 3. The number of carbonyl (C=O) groups is 1. The predicted molar refractivity (Wildman–Crippen MR) is 70.7 cm³/mol. The Kier molecular flexibility index (Phi) is 4.86. The van der Waals surface area contributed by atoms with E-state index in [9.17, 15) is 18.0 Å². The standard InChI is InChI=1S/C13H17F3N2O2/c1-8(2)18(7-13(14,15)16)11-9(12(19)20-3)5-4-6-10(11)17/h4-6,8H,7,17H2,1-3H3. The second-order valence-corrected chi connectivity index (χ2v) is 4.57. The summed E-state index contributed by atoms with van der Waals surface area (Å²) < 4.78 is 42.7. The Labute approximate surface area is 115 Å². The fourth-order valence-corrected chi connectivity index (χ4v) is 1.87. The lowest BCUT2D eigenvalue weighted by Crippen LogP contribution is -2.40. The number of rotatable bonds is 4. The van der Waals surface area contributed by atoms with Gasteiger partial charge in [0.05, 0.1) is 24.0 Å². The molecule has 0 aliphatic heterocycles. The molecule has 0 aliphatic carbocycles. The van der Waals surface area contributed by atoms with Gasteiger partial charge in [-0.3, -0.25) is 0 Å². The summed E-state index contributed by atoms with van der Waals surface area (Å²) in [5.74, 6) is -0.722. The number of nitrogen functional groups attached to an aromatic ring is 1. The summed E-state index contributed by atoms with van der Waals surface area (Å²) in [4.78, 5) is 12.7. The maximum absolute atomic E-state index is 12.7. The van der Waals surface area contributed by atoms with E-state index in [1.54, 1.807) is 13.8 Å². The minimum Gasteiger partial charge on any atom is -0.465 e. The molecule has 0 heterocycles. The average Bonchev–Trinajstić information content (AvgIpc) is 2.33. The molecule has 0 saturated carbocycles. The van der Waals surface area contributed by atoms with Gasteiger partial charge in [0, 0.05) is 6.04 Å². The van der Waals surface area contributed by atoms with Gasteiger partial charge in [0.25, 0.3) is 0 Å². The lowest BCUT2D eigenvalue weighted by atomic mass is 10.1. The Hall–Kier alpha value is -1.92. The molecule has 7 heteroatoms. The molecule has 0 bridgehead atoms. The van der Waals surface area contributed by atoms with E-state index in [1.165, 1.54) is 25.3 Å². The van der Waals surface area contributed by atoms with Gasteiger partial charge in [-0.25, -0.2) is 4.79 Å². The van der Waals surface area contributed by atoms with Crippen molar-refractivity contribution in [2.45, 2.75) is 26.1 Å². The lowest BCUT2D eigenvalue weighted by Gasteiger charge is -2.32. The van der Waals surface area contributed by atoms with Gasteiger partial charge in [-0.05, 0) is 26.0 Å². The van der Waals surface area contributed by atoms with Gasteiger partial charge < -0.3 is 15.4 Å². The van der Waals surface area contributed by atoms with Crippen molar-refractivity contribution in [2.24, 2.45) is 0 Å². The van der Waals surface area contributed by atoms with E-state index in [0.717, 1.165) is 4.90 Å². The molecule has 1 rings (SSSR count). The second kappa shape index (κ2) is 6.02. The minimum atomic E-state index is -4.40. The zero-order valence-corrected chi connectivity index (χ0v) is 11.5. The Morgan fingerprint density at radius 1 is 1.40 bits per heavy atom. The molecule has 0 aromatic heterocycles. The first kappa shape index (κ1) is 16.1. The number of hydrogen-bond acceptors (Lipinski definition) is 4. The molecule has 0 spiro atoms. The van der Waals surface area contributed by atoms with E-state index >= 15 is 0 Å². The Morgan fingerprint density at radius 2 is 2.00 bits per heavy atom. The van der Waals surface area contributed by atoms with Gasteiger partial charge in [-0.15, -0.1) is 0 Å². The van der Waals surface area contributed by atoms with Crippen molar-refractivity contribution < 1.29 is 22.7 Å². The van der Waals surface area contributed by atoms with E-state index < -0.39 is 24.7 Å². The first-order valence-corrected chi connectivity index (χ1v) is 5.97. The summed E-state index contributed by atoms with van der Waals surface area (Å²) >= 11 is 0. The fourth-order valence-electron chi connectivity index (χ4n) is 1.87. The van der Waals surface area contributed by atoms with E-state index in [-0.39, 0.29) is 16.9 Å². The Balaban J connectivity index is 3.36. The molecule has 0 atom stereocenters. The molecule has 112 valence electrons. The maximum Gasteiger partial charge on any atom is 0.405 e. The smallest absolute Gasteiger partial charge is 0.405 e. The Morgan fingerprint density at radius 3 is 2.45 bits per heavy atom. The topological polar surface area (TPSA) is 55.6 Å². The van der Waals surface area contributed by atoms with Crippen LogP contribution in [0.1, 0.15) is 24.2 Å². The molecule has 0 saturated heterocycles. The number of esters is 1. The van der Waals surface area contributed by atoms with Crippen LogP contribution in [-0.4, -0.2) is 31.8 Å². The van der Waals surface area contributed by atoms with Gasteiger partial charge in [0.1, 0.15) is 6.54 Å². The highest BCUT2D eigenvalue weighted by Gasteiger charge is 2.34. The van der Waals surface area contributed by atoms with Crippen LogP contribution in [0, 0.1) is 0 Å². The summed E-state index contributed by atoms with van der Waals surface area (Å²) in [6, 6.07) is 3.86. The van der Waals surface area contributed by atoms with Crippen LogP contribution in [0.15, 0.2) is 18.2 Å². The van der Waals surface area contributed by atoms with Crippen molar-refractivity contribution in [3.63, 3.8) is 0 Å². The molecular weight excluding hydrogens is 273 g/mol. The number of nitrogens with two attached hydrogens (primary N) is 1. The molecule has 0 fully saturated rings. The molecule has 0 amide bonds. The quantitative estimate of drug-likeness (QED) is 0.684. The summed E-state index contributed by atoms with van der Waals surface area (Å²) in [7, 11) is 1.17. The number of benzene rings is 1. The third-order valence-electron chi connectivity index (χ3n) is 2.73. The van der Waals surface area contributed by atoms with Gasteiger partial charge in [0.2, 0.25) is 0 Å². The molecule has 0 radical (unpaired) electrons. The molecule has 0 unspecified atom stereocenters. The number of halogens is 3. The maximum atomic E-state index is 12.7. The number of carbonyl (C=O) groups excluding carboxylic acids is 1. The van der Waals surface area contributed by atoms with Crippen LogP contribution in [0.2, 0.25) is 0 Å². The zero-order valence-electron chi connectivity index (χ0n) is 11.5. The summed E-state index contributed by atoms with van der Waals surface area (Å²) in [5, 5.41) is 0. The molecule has 2 N–H and O–H groups in total. The van der Waals surface area contributed by atoms with Crippen LogP contribution in [0.4, 0.5) is 24.5 Å². The summed E-state index contributed by atoms with van der Waals surface area (Å²) in [6.07, 6.45) is -4.40. The van der Waals surface area contributed by atoms with Gasteiger partial charge in [0.15, 0.2) is 0 Å². The molecule has 0 aliphatic rings. The van der Waals surface area contributed by atoms with E-state index in [4.69, 9.17) is 5.73 Å². The van der Waals surface area contributed by atoms with Crippen molar-refractivity contribution in [1.82, 2.24) is 0 Å². The first-order valence-electron chi connectivity index (χ1n) is 5.97. The number of anilines is 2. The molecule has 1 aromatic rings. The van der Waals surface area contributed by atoms with Crippen LogP contribution in [0.25, 0.3) is 0 Å². The average molecular weight is 290 g/mol. The van der Waals surface area contributed by atoms with Crippen molar-refractivity contribution >= 4 is 17.3 Å². The minimum absolute atomic E-state index is 0.0189. The summed E-state index contributed by atoms with van der Waals surface area (Å²) in [5.41, 5.74) is 5.92. The van der Waals surface area contributed by atoms with Crippen LogP contribution in [0.3, 0.4) is 0 Å². The Bertz CT molecular complexity index is 487. The van der Waals surface area contributed by atoms with E-state index in [1.807, 2.05) is 0 Å². The largest absolute Gasteiger partial charge is 0.465 e. The second-order valence-electron chi connectivity index (χ2n) is 4.57. The third kappa shape index (κ3) is 3.79. The lowest BCUT2D eigenvalue weighted by molar-refractivity contribution is -0.120. The highest BCUT2D eigenvalue weighted by atomic mass is 19.4. The number of para-hydroxylation sites is 1. The normalized spacial score (nSPS) is 11.6. The van der Waals surface area contributed by atoms with Crippen molar-refractivity contribution in [3.8, 4) is 0 Å². The van der Waals surface area contributed by atoms with Crippen LogP contribution in [-0.2, 0) is 4.74 Å². The van der Waals surface area contributed by atoms with Crippen molar-refractivity contribution in [2.75, 3.05) is 24.3 Å². The monoisotopic (exact) mass is 290 g/mol. The number of methoxy groups -OCH3 is 1. The van der Waals surface area contributed by atoms with Crippen LogP contribution in [0.5, 0.6) is 0 Å². The zero-order chi connectivity index (χ0) is 15.5. The highest BCUT2D eigenvalue weighted by Crippen LogP contribution is 2.32. The number of nitrogens with zero attached hydrogens (tertiary/aromatic N) is 1. The summed E-state index contributed by atoms with van der Waals surface area (Å²) in [6.45, 7) is 2.00. The molecule has 4 nitrogen and oxygen atoms in total. The van der Waals surface area contributed by atoms with Gasteiger partial charge in [-0.2, -0.15) is 13.2 Å². The van der Waals surface area contributed by atoms with Crippen LogP contribution < -0.4 is 10.6 Å². The molecule has 1 aromatic carbocycles. The van der Waals surface area contributed by atoms with E-state index in [0.29, 0.717) is 0 Å². The van der Waals surface area contributed by atoms with Crippen molar-refractivity contribution in [1.29, 1.82) is 0 Å². The highest BCUT2D eigenvalue weighted by molar-refractivity contribution is 5.99. The fraction of sp³-hybridized carbons (Fsp3) is 0.462.